The Morgan fingerprint density at radius 1 is 1.09 bits per heavy atom. The van der Waals surface area contributed by atoms with Crippen LogP contribution >= 0.6 is 11.3 Å². The molecule has 23 heavy (non-hydrogen) atoms. The van der Waals surface area contributed by atoms with Crippen molar-refractivity contribution in [2.45, 2.75) is 13.8 Å². The predicted octanol–water partition coefficient (Wildman–Crippen LogP) is 4.31. The number of nitrogens with zero attached hydrogens (tertiary/aromatic N) is 2. The highest BCUT2D eigenvalue weighted by Gasteiger charge is 2.15. The lowest BCUT2D eigenvalue weighted by Crippen LogP contribution is -2.10. The molecule has 0 aliphatic heterocycles. The largest absolute Gasteiger partial charge is 0.449 e. The van der Waals surface area contributed by atoms with E-state index in [0.29, 0.717) is 16.2 Å². The van der Waals surface area contributed by atoms with Crippen molar-refractivity contribution in [3.8, 4) is 0 Å². The van der Waals surface area contributed by atoms with Gasteiger partial charge in [0.25, 0.3) is 5.91 Å². The first-order chi connectivity index (χ1) is 11.1. The summed E-state index contributed by atoms with van der Waals surface area (Å²) >= 11 is 1.44. The predicted molar refractivity (Wildman–Crippen MR) is 91.1 cm³/mol. The van der Waals surface area contributed by atoms with Crippen LogP contribution in [0.3, 0.4) is 0 Å². The molecule has 0 saturated carbocycles. The Morgan fingerprint density at radius 2 is 1.96 bits per heavy atom. The Hall–Kier alpha value is -2.73. The zero-order valence-electron chi connectivity index (χ0n) is 12.6. The summed E-state index contributed by atoms with van der Waals surface area (Å²) in [7, 11) is 0. The lowest BCUT2D eigenvalue weighted by atomic mass is 10.2. The first-order valence-electron chi connectivity index (χ1n) is 7.14. The summed E-state index contributed by atoms with van der Waals surface area (Å²) in [5, 5.41) is 3.35. The van der Waals surface area contributed by atoms with Gasteiger partial charge in [-0.2, -0.15) is 0 Å². The van der Waals surface area contributed by atoms with Gasteiger partial charge in [-0.15, -0.1) is 0 Å². The van der Waals surface area contributed by atoms with Gasteiger partial charge in [-0.05, 0) is 43.7 Å². The molecule has 4 rings (SSSR count). The molecule has 5 nitrogen and oxygen atoms in total. The molecule has 1 N–H and O–H groups in total. The highest BCUT2D eigenvalue weighted by Crippen LogP contribution is 2.27. The SMILES string of the molecule is Cc1ccc2nc(NC(=O)c3cc4nc(C)ccc4o3)sc2c1. The number of thiazole rings is 1. The van der Waals surface area contributed by atoms with Gasteiger partial charge >= 0.3 is 0 Å². The van der Waals surface area contributed by atoms with Gasteiger partial charge in [-0.1, -0.05) is 17.4 Å². The monoisotopic (exact) mass is 323 g/mol. The Morgan fingerprint density at radius 3 is 2.83 bits per heavy atom. The van der Waals surface area contributed by atoms with Crippen molar-refractivity contribution in [2.24, 2.45) is 0 Å². The van der Waals surface area contributed by atoms with Crippen LogP contribution in [0.1, 0.15) is 21.8 Å². The van der Waals surface area contributed by atoms with Crippen LogP contribution in [0.15, 0.2) is 40.8 Å². The Bertz CT molecular complexity index is 1050. The summed E-state index contributed by atoms with van der Waals surface area (Å²) in [5.74, 6) is -0.0926. The third-order valence-electron chi connectivity index (χ3n) is 3.50. The molecule has 0 aliphatic rings. The van der Waals surface area contributed by atoms with Crippen LogP contribution in [0.2, 0.25) is 0 Å². The molecule has 0 unspecified atom stereocenters. The van der Waals surface area contributed by atoms with E-state index in [1.807, 2.05) is 38.1 Å². The number of carbonyl (C=O) groups is 1. The smallest absolute Gasteiger partial charge is 0.293 e. The molecule has 3 heterocycles. The molecule has 0 atom stereocenters. The fourth-order valence-electron chi connectivity index (χ4n) is 2.38. The van der Waals surface area contributed by atoms with Crippen molar-refractivity contribution in [1.29, 1.82) is 0 Å². The van der Waals surface area contributed by atoms with Crippen LogP contribution < -0.4 is 5.32 Å². The quantitative estimate of drug-likeness (QED) is 0.597. The topological polar surface area (TPSA) is 68.0 Å². The van der Waals surface area contributed by atoms with E-state index >= 15 is 0 Å². The zero-order chi connectivity index (χ0) is 16.0. The lowest BCUT2D eigenvalue weighted by molar-refractivity contribution is 0.0998. The number of pyridine rings is 1. The van der Waals surface area contributed by atoms with Crippen LogP contribution in [-0.2, 0) is 0 Å². The number of furan rings is 1. The number of nitrogens with one attached hydrogen (secondary N) is 1. The standard InChI is InChI=1S/C17H13N3O2S/c1-9-3-5-11-15(7-9)23-17(19-11)20-16(21)14-8-12-13(22-14)6-4-10(2)18-12/h3-8H,1-2H3,(H,19,20,21). The fraction of sp³-hybridized carbons (Fsp3) is 0.118. The molecule has 4 aromatic rings. The summed E-state index contributed by atoms with van der Waals surface area (Å²) in [5.41, 5.74) is 4.19. The second-order valence-corrected chi connectivity index (χ2v) is 6.42. The fourth-order valence-corrected chi connectivity index (χ4v) is 3.34. The van der Waals surface area contributed by atoms with E-state index in [1.165, 1.54) is 11.3 Å². The number of amides is 1. The van der Waals surface area contributed by atoms with Crippen LogP contribution in [0.25, 0.3) is 21.3 Å². The number of anilines is 1. The number of aryl methyl sites for hydroxylation is 2. The lowest BCUT2D eigenvalue weighted by Gasteiger charge is -1.96. The Kier molecular flexibility index (Phi) is 3.12. The van der Waals surface area contributed by atoms with Crippen LogP contribution in [0, 0.1) is 13.8 Å². The van der Waals surface area contributed by atoms with Gasteiger partial charge < -0.3 is 4.42 Å². The number of carbonyl (C=O) groups excluding carboxylic acids is 1. The summed E-state index contributed by atoms with van der Waals surface area (Å²) < 4.78 is 6.60. The maximum atomic E-state index is 12.3. The van der Waals surface area contributed by atoms with E-state index in [2.05, 4.69) is 21.4 Å². The van der Waals surface area contributed by atoms with Crippen LogP contribution in [0.4, 0.5) is 5.13 Å². The van der Waals surface area contributed by atoms with E-state index in [-0.39, 0.29) is 11.7 Å². The summed E-state index contributed by atoms with van der Waals surface area (Å²) in [6, 6.07) is 11.3. The molecule has 6 heteroatoms. The van der Waals surface area contributed by atoms with E-state index in [4.69, 9.17) is 4.42 Å². The number of fused-ring (bicyclic) bond motifs is 2. The maximum absolute atomic E-state index is 12.3. The summed E-state index contributed by atoms with van der Waals surface area (Å²) in [4.78, 5) is 21.1. The van der Waals surface area contributed by atoms with Crippen molar-refractivity contribution in [2.75, 3.05) is 5.32 Å². The average Bonchev–Trinajstić information content (AvgIpc) is 3.09. The van der Waals surface area contributed by atoms with Gasteiger partial charge in [-0.25, -0.2) is 9.97 Å². The normalized spacial score (nSPS) is 11.2. The minimum Gasteiger partial charge on any atom is -0.449 e. The number of hydrogen-bond donors (Lipinski definition) is 1. The van der Waals surface area contributed by atoms with Gasteiger partial charge in [0.1, 0.15) is 5.52 Å². The third kappa shape index (κ3) is 2.57. The van der Waals surface area contributed by atoms with E-state index in [1.54, 1.807) is 6.07 Å². The second kappa shape index (κ2) is 5.17. The van der Waals surface area contributed by atoms with Crippen LogP contribution in [-0.4, -0.2) is 15.9 Å². The van der Waals surface area contributed by atoms with Gasteiger partial charge in [-0.3, -0.25) is 10.1 Å². The molecule has 114 valence electrons. The van der Waals surface area contributed by atoms with Crippen molar-refractivity contribution in [3.05, 3.63) is 53.4 Å². The minimum absolute atomic E-state index is 0.230. The highest BCUT2D eigenvalue weighted by atomic mass is 32.1. The highest BCUT2D eigenvalue weighted by molar-refractivity contribution is 7.22. The first kappa shape index (κ1) is 13.9. The molecule has 0 bridgehead atoms. The number of benzene rings is 1. The number of rotatable bonds is 2. The summed E-state index contributed by atoms with van der Waals surface area (Å²) in [6.45, 7) is 3.93. The van der Waals surface area contributed by atoms with Crippen molar-refractivity contribution >= 4 is 43.7 Å². The zero-order valence-corrected chi connectivity index (χ0v) is 13.4. The third-order valence-corrected chi connectivity index (χ3v) is 4.43. The minimum atomic E-state index is -0.323. The molecule has 1 aromatic carbocycles. The first-order valence-corrected chi connectivity index (χ1v) is 7.96. The van der Waals surface area contributed by atoms with Gasteiger partial charge in [0.05, 0.1) is 10.2 Å². The van der Waals surface area contributed by atoms with Crippen molar-refractivity contribution in [1.82, 2.24) is 9.97 Å². The molecule has 0 saturated heterocycles. The van der Waals surface area contributed by atoms with Crippen LogP contribution in [0.5, 0.6) is 0 Å². The van der Waals surface area contributed by atoms with E-state index < -0.39 is 0 Å². The van der Waals surface area contributed by atoms with E-state index in [0.717, 1.165) is 21.5 Å². The van der Waals surface area contributed by atoms with Gasteiger partial charge in [0.2, 0.25) is 0 Å². The van der Waals surface area contributed by atoms with Crippen molar-refractivity contribution in [3.63, 3.8) is 0 Å². The van der Waals surface area contributed by atoms with Gasteiger partial charge in [0, 0.05) is 11.8 Å². The maximum Gasteiger partial charge on any atom is 0.293 e. The Balaban J connectivity index is 1.64. The van der Waals surface area contributed by atoms with Gasteiger partial charge in [0.15, 0.2) is 16.5 Å². The molecular weight excluding hydrogens is 310 g/mol. The molecular formula is C17H13N3O2S. The Labute approximate surface area is 136 Å². The molecule has 1 amide bonds. The number of aromatic nitrogens is 2. The van der Waals surface area contributed by atoms with Crippen molar-refractivity contribution < 1.29 is 9.21 Å². The number of hydrogen-bond acceptors (Lipinski definition) is 5. The molecule has 0 radical (unpaired) electrons. The molecule has 0 fully saturated rings. The molecule has 3 aromatic heterocycles. The summed E-state index contributed by atoms with van der Waals surface area (Å²) in [6.07, 6.45) is 0. The van der Waals surface area contributed by atoms with E-state index in [9.17, 15) is 4.79 Å². The second-order valence-electron chi connectivity index (χ2n) is 5.39. The molecule has 0 spiro atoms. The molecule has 0 aliphatic carbocycles. The average molecular weight is 323 g/mol.